The third kappa shape index (κ3) is 3.89. The van der Waals surface area contributed by atoms with E-state index in [-0.39, 0.29) is 24.3 Å². The number of benzene rings is 1. The molecule has 29 heavy (non-hydrogen) atoms. The first kappa shape index (κ1) is 20.3. The van der Waals surface area contributed by atoms with Gasteiger partial charge < -0.3 is 20.6 Å². The van der Waals surface area contributed by atoms with E-state index in [9.17, 15) is 9.90 Å². The van der Waals surface area contributed by atoms with Crippen LogP contribution in [0.5, 0.6) is 0 Å². The normalized spacial score (nSPS) is 22.5. The molecular weight excluding hydrogens is 434 g/mol. The molecule has 3 N–H and O–H groups in total. The van der Waals surface area contributed by atoms with Crippen molar-refractivity contribution in [2.75, 3.05) is 37.6 Å². The summed E-state index contributed by atoms with van der Waals surface area (Å²) in [6.07, 6.45) is 1.70. The minimum absolute atomic E-state index is 0.0752. The smallest absolute Gasteiger partial charge is 0.231 e. The second-order valence-corrected chi connectivity index (χ2v) is 8.72. The topological polar surface area (TPSA) is 95.6 Å². The summed E-state index contributed by atoms with van der Waals surface area (Å²) in [7, 11) is 0. The average Bonchev–Trinajstić information content (AvgIpc) is 3.04. The maximum Gasteiger partial charge on any atom is 0.231 e. The highest BCUT2D eigenvalue weighted by Gasteiger charge is 2.34. The highest BCUT2D eigenvalue weighted by molar-refractivity contribution is 9.10. The fourth-order valence-corrected chi connectivity index (χ4v) is 4.65. The van der Waals surface area contributed by atoms with Crippen molar-refractivity contribution in [2.24, 2.45) is 5.73 Å². The first-order chi connectivity index (χ1) is 14.0. The SMILES string of the molecule is CC1C[C@H](O)c2ncnc(N3CCN(C(=O)[C@H](CN)c4ccc(Br)cc4)CC3)c21. The molecule has 7 nitrogen and oxygen atoms in total. The Morgan fingerprint density at radius 3 is 2.59 bits per heavy atom. The number of aliphatic hydroxyl groups excluding tert-OH is 1. The molecule has 3 atom stereocenters. The number of carbonyl (C=O) groups is 1. The molecule has 1 aromatic carbocycles. The van der Waals surface area contributed by atoms with E-state index in [1.807, 2.05) is 29.2 Å². The number of hydrogen-bond donors (Lipinski definition) is 2. The van der Waals surface area contributed by atoms with E-state index in [1.165, 1.54) is 6.33 Å². The number of anilines is 1. The van der Waals surface area contributed by atoms with Gasteiger partial charge in [-0.3, -0.25) is 4.79 Å². The fourth-order valence-electron chi connectivity index (χ4n) is 4.39. The van der Waals surface area contributed by atoms with Crippen LogP contribution in [0.3, 0.4) is 0 Å². The van der Waals surface area contributed by atoms with Gasteiger partial charge in [-0.2, -0.15) is 0 Å². The molecule has 1 fully saturated rings. The molecule has 1 saturated heterocycles. The van der Waals surface area contributed by atoms with Gasteiger partial charge in [-0.05, 0) is 30.0 Å². The van der Waals surface area contributed by atoms with E-state index in [1.54, 1.807) is 0 Å². The van der Waals surface area contributed by atoms with Crippen LogP contribution in [0.25, 0.3) is 0 Å². The van der Waals surface area contributed by atoms with Crippen LogP contribution >= 0.6 is 15.9 Å². The van der Waals surface area contributed by atoms with Crippen LogP contribution in [0.15, 0.2) is 35.1 Å². The number of fused-ring (bicyclic) bond motifs is 1. The van der Waals surface area contributed by atoms with E-state index in [4.69, 9.17) is 5.73 Å². The Kier molecular flexibility index (Phi) is 5.85. The summed E-state index contributed by atoms with van der Waals surface area (Å²) in [5.74, 6) is 0.878. The number of aromatic nitrogens is 2. The Labute approximate surface area is 179 Å². The Hall–Kier alpha value is -2.03. The molecule has 1 aliphatic heterocycles. The molecule has 0 radical (unpaired) electrons. The van der Waals surface area contributed by atoms with Gasteiger partial charge in [0.15, 0.2) is 0 Å². The van der Waals surface area contributed by atoms with Gasteiger partial charge in [0.1, 0.15) is 12.1 Å². The van der Waals surface area contributed by atoms with Crippen LogP contribution in [0, 0.1) is 0 Å². The summed E-state index contributed by atoms with van der Waals surface area (Å²) < 4.78 is 0.981. The van der Waals surface area contributed by atoms with Gasteiger partial charge in [0, 0.05) is 42.8 Å². The van der Waals surface area contributed by atoms with Crippen LogP contribution in [-0.2, 0) is 4.79 Å². The summed E-state index contributed by atoms with van der Waals surface area (Å²) in [4.78, 5) is 26.0. The highest BCUT2D eigenvalue weighted by Crippen LogP contribution is 2.42. The molecule has 0 saturated carbocycles. The van der Waals surface area contributed by atoms with Crippen LogP contribution in [0.4, 0.5) is 5.82 Å². The van der Waals surface area contributed by atoms with Crippen molar-refractivity contribution in [1.82, 2.24) is 14.9 Å². The van der Waals surface area contributed by atoms with Crippen LogP contribution in [-0.4, -0.2) is 58.6 Å². The van der Waals surface area contributed by atoms with E-state index in [2.05, 4.69) is 37.7 Å². The highest BCUT2D eigenvalue weighted by atomic mass is 79.9. The Balaban J connectivity index is 1.46. The number of halogens is 1. The lowest BCUT2D eigenvalue weighted by Crippen LogP contribution is -2.51. The molecule has 2 aliphatic rings. The molecule has 4 rings (SSSR count). The second kappa shape index (κ2) is 8.38. The second-order valence-electron chi connectivity index (χ2n) is 7.80. The summed E-state index contributed by atoms with van der Waals surface area (Å²) in [5.41, 5.74) is 8.69. The number of rotatable bonds is 4. The largest absolute Gasteiger partial charge is 0.387 e. The van der Waals surface area contributed by atoms with Crippen LogP contribution < -0.4 is 10.6 Å². The van der Waals surface area contributed by atoms with Crippen molar-refractivity contribution in [3.05, 3.63) is 51.9 Å². The Bertz CT molecular complexity index is 883. The third-order valence-corrected chi connectivity index (χ3v) is 6.50. The van der Waals surface area contributed by atoms with Crippen molar-refractivity contribution in [2.45, 2.75) is 31.3 Å². The van der Waals surface area contributed by atoms with E-state index < -0.39 is 6.10 Å². The molecular formula is C21H26BrN5O2. The van der Waals surface area contributed by atoms with E-state index >= 15 is 0 Å². The number of piperazine rings is 1. The van der Waals surface area contributed by atoms with Crippen LogP contribution in [0.2, 0.25) is 0 Å². The lowest BCUT2D eigenvalue weighted by Gasteiger charge is -2.37. The average molecular weight is 460 g/mol. The summed E-state index contributed by atoms with van der Waals surface area (Å²) in [6.45, 7) is 5.05. The van der Waals surface area contributed by atoms with Gasteiger partial charge in [-0.1, -0.05) is 35.0 Å². The Morgan fingerprint density at radius 2 is 1.93 bits per heavy atom. The summed E-state index contributed by atoms with van der Waals surface area (Å²) in [6, 6.07) is 7.78. The maximum absolute atomic E-state index is 13.1. The van der Waals surface area contributed by atoms with Crippen LogP contribution in [0.1, 0.15) is 48.1 Å². The molecule has 8 heteroatoms. The van der Waals surface area contributed by atoms with Gasteiger partial charge >= 0.3 is 0 Å². The molecule has 1 amide bonds. The van der Waals surface area contributed by atoms with Crippen molar-refractivity contribution in [3.63, 3.8) is 0 Å². The van der Waals surface area contributed by atoms with Gasteiger partial charge in [0.05, 0.1) is 17.7 Å². The lowest BCUT2D eigenvalue weighted by molar-refractivity contribution is -0.132. The lowest BCUT2D eigenvalue weighted by atomic mass is 9.97. The zero-order chi connectivity index (χ0) is 20.5. The van der Waals surface area contributed by atoms with E-state index in [0.717, 1.165) is 27.1 Å². The summed E-state index contributed by atoms with van der Waals surface area (Å²) >= 11 is 3.43. The van der Waals surface area contributed by atoms with Gasteiger partial charge in [0.25, 0.3) is 0 Å². The van der Waals surface area contributed by atoms with Crippen molar-refractivity contribution >= 4 is 27.7 Å². The molecule has 2 heterocycles. The molecule has 1 aliphatic carbocycles. The number of aliphatic hydroxyl groups is 1. The Morgan fingerprint density at radius 1 is 1.24 bits per heavy atom. The quantitative estimate of drug-likeness (QED) is 0.727. The minimum atomic E-state index is -0.513. The van der Waals surface area contributed by atoms with Gasteiger partial charge in [-0.25, -0.2) is 9.97 Å². The monoisotopic (exact) mass is 459 g/mol. The minimum Gasteiger partial charge on any atom is -0.387 e. The first-order valence-corrected chi connectivity index (χ1v) is 10.8. The standard InChI is InChI=1S/C21H26BrN5O2/c1-13-10-17(28)19-18(13)20(25-12-24-19)26-6-8-27(9-7-26)21(29)16(11-23)14-2-4-15(22)5-3-14/h2-5,12-13,16-17,28H,6-11,23H2,1H3/t13?,16-,17+/m1/s1. The number of nitrogens with two attached hydrogens (primary N) is 1. The predicted octanol–water partition coefficient (Wildman–Crippen LogP) is 2.17. The number of hydrogen-bond acceptors (Lipinski definition) is 6. The van der Waals surface area contributed by atoms with Crippen molar-refractivity contribution in [3.8, 4) is 0 Å². The summed E-state index contributed by atoms with van der Waals surface area (Å²) in [5, 5.41) is 10.2. The molecule has 1 unspecified atom stereocenters. The zero-order valence-corrected chi connectivity index (χ0v) is 18.0. The fraction of sp³-hybridized carbons (Fsp3) is 0.476. The number of nitrogens with zero attached hydrogens (tertiary/aromatic N) is 4. The van der Waals surface area contributed by atoms with E-state index in [0.29, 0.717) is 32.6 Å². The molecule has 154 valence electrons. The number of carbonyl (C=O) groups excluding carboxylic acids is 1. The predicted molar refractivity (Wildman–Crippen MR) is 115 cm³/mol. The van der Waals surface area contributed by atoms with Crippen molar-refractivity contribution < 1.29 is 9.90 Å². The molecule has 0 bridgehead atoms. The van der Waals surface area contributed by atoms with Gasteiger partial charge in [0.2, 0.25) is 5.91 Å². The van der Waals surface area contributed by atoms with Gasteiger partial charge in [-0.15, -0.1) is 0 Å². The molecule has 2 aromatic rings. The first-order valence-electron chi connectivity index (χ1n) is 10.0. The van der Waals surface area contributed by atoms with Crippen molar-refractivity contribution in [1.29, 1.82) is 0 Å². The zero-order valence-electron chi connectivity index (χ0n) is 16.5. The third-order valence-electron chi connectivity index (χ3n) is 5.98. The number of amides is 1. The maximum atomic E-state index is 13.1. The molecule has 1 aromatic heterocycles. The molecule has 0 spiro atoms.